The molecule has 102 valence electrons. The molecule has 0 bridgehead atoms. The molecular weight excluding hydrogens is 260 g/mol. The van der Waals surface area contributed by atoms with Gasteiger partial charge in [-0.1, -0.05) is 29.5 Å². The summed E-state index contributed by atoms with van der Waals surface area (Å²) in [5.41, 5.74) is 4.10. The van der Waals surface area contributed by atoms with Gasteiger partial charge in [-0.3, -0.25) is 0 Å². The van der Waals surface area contributed by atoms with Crippen molar-refractivity contribution in [1.29, 1.82) is 0 Å². The fourth-order valence-electron chi connectivity index (χ4n) is 1.89. The van der Waals surface area contributed by atoms with Crippen LogP contribution in [0.15, 0.2) is 52.9 Å². The Labute approximate surface area is 123 Å². The van der Waals surface area contributed by atoms with E-state index in [-0.39, 0.29) is 0 Å². The minimum absolute atomic E-state index is 0.533. The molecule has 0 saturated heterocycles. The molecule has 0 aliphatic rings. The van der Waals surface area contributed by atoms with Gasteiger partial charge in [0.2, 0.25) is 11.8 Å². The summed E-state index contributed by atoms with van der Waals surface area (Å²) >= 11 is 0. The van der Waals surface area contributed by atoms with Crippen LogP contribution in [-0.2, 0) is 0 Å². The highest BCUT2D eigenvalue weighted by Gasteiger charge is 2.04. The lowest BCUT2D eigenvalue weighted by molar-refractivity contribution is 0.533. The first-order valence-electron chi connectivity index (χ1n) is 6.70. The van der Waals surface area contributed by atoms with E-state index in [0.717, 1.165) is 16.7 Å². The summed E-state index contributed by atoms with van der Waals surface area (Å²) < 4.78 is 5.39. The second-order valence-electron chi connectivity index (χ2n) is 4.82. The third-order valence-corrected chi connectivity index (χ3v) is 3.06. The van der Waals surface area contributed by atoms with E-state index in [1.165, 1.54) is 5.56 Å². The number of hydrogen-bond donors (Lipinski definition) is 0. The molecule has 3 aromatic rings. The highest BCUT2D eigenvalue weighted by molar-refractivity contribution is 5.55. The average Bonchev–Trinajstić information content (AvgIpc) is 2.94. The van der Waals surface area contributed by atoms with Crippen LogP contribution in [0.3, 0.4) is 0 Å². The summed E-state index contributed by atoms with van der Waals surface area (Å²) in [6, 6.07) is 16.0. The lowest BCUT2D eigenvalue weighted by Gasteiger charge is -1.95. The predicted molar refractivity (Wildman–Crippen MR) is 81.6 cm³/mol. The Morgan fingerprint density at radius 3 is 1.86 bits per heavy atom. The van der Waals surface area contributed by atoms with E-state index in [2.05, 4.69) is 41.1 Å². The van der Waals surface area contributed by atoms with Crippen LogP contribution >= 0.6 is 0 Å². The molecule has 21 heavy (non-hydrogen) atoms. The molecule has 0 aliphatic heterocycles. The molecule has 0 N–H and O–H groups in total. The lowest BCUT2D eigenvalue weighted by Crippen LogP contribution is -1.80. The molecular formula is C18H14N2O. The number of benzene rings is 2. The van der Waals surface area contributed by atoms with Crippen molar-refractivity contribution >= 4 is 0 Å². The van der Waals surface area contributed by atoms with Crippen molar-refractivity contribution in [2.45, 2.75) is 13.8 Å². The lowest BCUT2D eigenvalue weighted by atomic mass is 10.1. The van der Waals surface area contributed by atoms with E-state index in [4.69, 9.17) is 4.42 Å². The quantitative estimate of drug-likeness (QED) is 0.634. The van der Waals surface area contributed by atoms with Gasteiger partial charge in [0.05, 0.1) is 0 Å². The largest absolute Gasteiger partial charge is 0.421 e. The van der Waals surface area contributed by atoms with Crippen LogP contribution in [0.25, 0.3) is 11.5 Å². The fraction of sp³-hybridized carbons (Fsp3) is 0.111. The van der Waals surface area contributed by atoms with Gasteiger partial charge in [-0.25, -0.2) is 0 Å². The molecule has 0 aliphatic carbocycles. The van der Waals surface area contributed by atoms with Gasteiger partial charge in [0, 0.05) is 23.6 Å². The van der Waals surface area contributed by atoms with Crippen LogP contribution in [0, 0.1) is 25.7 Å². The van der Waals surface area contributed by atoms with E-state index in [1.54, 1.807) is 6.92 Å². The molecule has 0 saturated carbocycles. The monoisotopic (exact) mass is 274 g/mol. The topological polar surface area (TPSA) is 38.9 Å². The van der Waals surface area contributed by atoms with E-state index in [0.29, 0.717) is 11.8 Å². The summed E-state index contributed by atoms with van der Waals surface area (Å²) in [6.45, 7) is 3.84. The van der Waals surface area contributed by atoms with Crippen LogP contribution in [0.4, 0.5) is 0 Å². The Morgan fingerprint density at radius 2 is 1.33 bits per heavy atom. The third kappa shape index (κ3) is 3.18. The molecule has 0 amide bonds. The molecule has 3 rings (SSSR count). The second kappa shape index (κ2) is 5.64. The zero-order valence-corrected chi connectivity index (χ0v) is 11.9. The number of nitrogens with zero attached hydrogens (tertiary/aromatic N) is 2. The molecule has 0 fully saturated rings. The van der Waals surface area contributed by atoms with Gasteiger partial charge < -0.3 is 4.42 Å². The van der Waals surface area contributed by atoms with Gasteiger partial charge in [0.1, 0.15) is 0 Å². The van der Waals surface area contributed by atoms with Crippen molar-refractivity contribution in [3.05, 3.63) is 71.1 Å². The van der Waals surface area contributed by atoms with Crippen molar-refractivity contribution in [1.82, 2.24) is 10.2 Å². The van der Waals surface area contributed by atoms with Crippen LogP contribution in [0.5, 0.6) is 0 Å². The van der Waals surface area contributed by atoms with Crippen LogP contribution in [0.1, 0.15) is 22.6 Å². The molecule has 1 aromatic heterocycles. The number of hydrogen-bond acceptors (Lipinski definition) is 3. The van der Waals surface area contributed by atoms with E-state index >= 15 is 0 Å². The van der Waals surface area contributed by atoms with Gasteiger partial charge in [-0.2, -0.15) is 0 Å². The van der Waals surface area contributed by atoms with Crippen LogP contribution in [-0.4, -0.2) is 10.2 Å². The Hall–Kier alpha value is -2.86. The zero-order valence-electron chi connectivity index (χ0n) is 11.9. The van der Waals surface area contributed by atoms with E-state index < -0.39 is 0 Å². The molecule has 0 spiro atoms. The summed E-state index contributed by atoms with van der Waals surface area (Å²) in [5.74, 6) is 7.39. The number of aryl methyl sites for hydroxylation is 2. The molecule has 1 heterocycles. The predicted octanol–water partition coefficient (Wildman–Crippen LogP) is 3.75. The summed E-state index contributed by atoms with van der Waals surface area (Å²) in [6.07, 6.45) is 0. The highest BCUT2D eigenvalue weighted by atomic mass is 16.4. The van der Waals surface area contributed by atoms with Crippen molar-refractivity contribution in [2.24, 2.45) is 0 Å². The number of aromatic nitrogens is 2. The summed E-state index contributed by atoms with van der Waals surface area (Å²) in [7, 11) is 0. The van der Waals surface area contributed by atoms with E-state index in [1.807, 2.05) is 36.4 Å². The molecule has 0 radical (unpaired) electrons. The van der Waals surface area contributed by atoms with Crippen LogP contribution < -0.4 is 0 Å². The van der Waals surface area contributed by atoms with Crippen molar-refractivity contribution in [3.8, 4) is 23.3 Å². The standard InChI is InChI=1S/C18H14N2O/c1-13-3-5-15(6-4-13)7-8-16-9-11-17(12-10-16)18-20-19-14(2)21-18/h3-6,9-12H,1-2H3. The maximum atomic E-state index is 5.39. The SMILES string of the molecule is Cc1ccc(C#Cc2ccc(-c3nnc(C)o3)cc2)cc1. The van der Waals surface area contributed by atoms with Gasteiger partial charge >= 0.3 is 0 Å². The highest BCUT2D eigenvalue weighted by Crippen LogP contribution is 2.17. The van der Waals surface area contributed by atoms with Gasteiger partial charge in [0.15, 0.2) is 0 Å². The first kappa shape index (κ1) is 13.1. The van der Waals surface area contributed by atoms with Gasteiger partial charge in [-0.15, -0.1) is 10.2 Å². The first-order chi connectivity index (χ1) is 10.2. The molecule has 0 atom stereocenters. The molecule has 3 heteroatoms. The normalized spacial score (nSPS) is 10.0. The minimum Gasteiger partial charge on any atom is -0.421 e. The van der Waals surface area contributed by atoms with E-state index in [9.17, 15) is 0 Å². The second-order valence-corrected chi connectivity index (χ2v) is 4.82. The third-order valence-electron chi connectivity index (χ3n) is 3.06. The fourth-order valence-corrected chi connectivity index (χ4v) is 1.89. The maximum Gasteiger partial charge on any atom is 0.247 e. The molecule has 2 aromatic carbocycles. The Kier molecular flexibility index (Phi) is 3.53. The average molecular weight is 274 g/mol. The first-order valence-corrected chi connectivity index (χ1v) is 6.70. The molecule has 3 nitrogen and oxygen atoms in total. The zero-order chi connectivity index (χ0) is 14.7. The Morgan fingerprint density at radius 1 is 0.762 bits per heavy atom. The van der Waals surface area contributed by atoms with Crippen LogP contribution in [0.2, 0.25) is 0 Å². The van der Waals surface area contributed by atoms with Crippen molar-refractivity contribution < 1.29 is 4.42 Å². The number of rotatable bonds is 1. The molecule has 0 unspecified atom stereocenters. The van der Waals surface area contributed by atoms with Gasteiger partial charge in [0.25, 0.3) is 0 Å². The smallest absolute Gasteiger partial charge is 0.247 e. The van der Waals surface area contributed by atoms with Crippen molar-refractivity contribution in [2.75, 3.05) is 0 Å². The minimum atomic E-state index is 0.533. The Balaban J connectivity index is 1.80. The van der Waals surface area contributed by atoms with Gasteiger partial charge in [-0.05, 0) is 43.3 Å². The van der Waals surface area contributed by atoms with Crippen molar-refractivity contribution in [3.63, 3.8) is 0 Å². The maximum absolute atomic E-state index is 5.39. The Bertz CT molecular complexity index is 803. The summed E-state index contributed by atoms with van der Waals surface area (Å²) in [5, 5.41) is 7.82. The summed E-state index contributed by atoms with van der Waals surface area (Å²) in [4.78, 5) is 0.